The maximum atomic E-state index is 13.1. The lowest BCUT2D eigenvalue weighted by Gasteiger charge is -2.15. The number of H-pyrrole nitrogens is 1. The number of aliphatic hydroxyl groups excluding tert-OH is 3. The van der Waals surface area contributed by atoms with Gasteiger partial charge in [0.2, 0.25) is 5.95 Å². The van der Waals surface area contributed by atoms with Crippen LogP contribution >= 0.6 is 12.2 Å². The molecule has 4 N–H and O–H groups in total. The molecule has 0 aromatic carbocycles. The molecule has 4 atom stereocenters. The summed E-state index contributed by atoms with van der Waals surface area (Å²) < 4.78 is 18.8. The Hall–Kier alpha value is -1.45. The van der Waals surface area contributed by atoms with E-state index in [1.54, 1.807) is 6.07 Å². The van der Waals surface area contributed by atoms with E-state index in [2.05, 4.69) is 9.97 Å². The van der Waals surface area contributed by atoms with E-state index >= 15 is 0 Å². The molecule has 112 valence electrons. The van der Waals surface area contributed by atoms with E-state index in [-0.39, 0.29) is 10.3 Å². The fourth-order valence-electron chi connectivity index (χ4n) is 2.44. The van der Waals surface area contributed by atoms with E-state index in [0.717, 1.165) is 0 Å². The van der Waals surface area contributed by atoms with Crippen molar-refractivity contribution < 1.29 is 24.4 Å². The molecule has 1 fully saturated rings. The van der Waals surface area contributed by atoms with Crippen LogP contribution in [0.25, 0.3) is 11.0 Å². The molecule has 1 aliphatic rings. The number of hydrogen-bond donors (Lipinski definition) is 4. The fraction of sp³-hybridized carbons (Fsp3) is 0.385. The third-order valence-electron chi connectivity index (χ3n) is 3.55. The summed E-state index contributed by atoms with van der Waals surface area (Å²) in [5.41, 5.74) is 0.740. The smallest absolute Gasteiger partial charge is 0.214 e. The number of halogens is 1. The number of fused-ring (bicyclic) bond motifs is 1. The van der Waals surface area contributed by atoms with Gasteiger partial charge in [0.15, 0.2) is 0 Å². The molecular formula is C13H13FN2O4S. The lowest BCUT2D eigenvalue weighted by Crippen LogP contribution is -2.32. The zero-order valence-corrected chi connectivity index (χ0v) is 11.5. The number of nitrogens with one attached hydrogen (secondary N) is 1. The Morgan fingerprint density at radius 1 is 1.33 bits per heavy atom. The van der Waals surface area contributed by atoms with Gasteiger partial charge in [-0.2, -0.15) is 4.39 Å². The quantitative estimate of drug-likeness (QED) is 0.478. The van der Waals surface area contributed by atoms with E-state index in [1.165, 1.54) is 12.1 Å². The van der Waals surface area contributed by atoms with Gasteiger partial charge in [0, 0.05) is 10.9 Å². The summed E-state index contributed by atoms with van der Waals surface area (Å²) >= 11 is 5.17. The van der Waals surface area contributed by atoms with E-state index in [0.29, 0.717) is 10.9 Å². The molecule has 1 saturated heterocycles. The van der Waals surface area contributed by atoms with E-state index in [4.69, 9.17) is 22.1 Å². The second kappa shape index (κ2) is 5.39. The van der Waals surface area contributed by atoms with Gasteiger partial charge in [-0.15, -0.1) is 0 Å². The van der Waals surface area contributed by atoms with Crippen LogP contribution in [-0.4, -0.2) is 50.2 Å². The highest BCUT2D eigenvalue weighted by Crippen LogP contribution is 2.34. The van der Waals surface area contributed by atoms with Gasteiger partial charge in [-0.3, -0.25) is 0 Å². The van der Waals surface area contributed by atoms with Gasteiger partial charge in [0.25, 0.3) is 0 Å². The second-order valence-electron chi connectivity index (χ2n) is 4.88. The van der Waals surface area contributed by atoms with Crippen LogP contribution in [0.2, 0.25) is 0 Å². The van der Waals surface area contributed by atoms with Crippen molar-refractivity contribution in [2.24, 2.45) is 0 Å². The number of rotatable bonds is 2. The molecule has 1 aliphatic heterocycles. The van der Waals surface area contributed by atoms with Gasteiger partial charge in [0.05, 0.1) is 6.61 Å². The standard InChI is InChI=1S/C13H13FN2O4S/c14-8-2-1-5-3-6(13(21)16-12(5)15-8)11-10(19)9(18)7(4-17)20-11/h1-3,7,9-11,17-19H,4H2,(H,15,16,21)/t7-,9?,10?,11+/m1/s1. The summed E-state index contributed by atoms with van der Waals surface area (Å²) in [7, 11) is 0. The predicted octanol–water partition coefficient (Wildman–Crippen LogP) is 0.585. The first kappa shape index (κ1) is 14.5. The highest BCUT2D eigenvalue weighted by atomic mass is 32.1. The number of aliphatic hydroxyl groups is 3. The summed E-state index contributed by atoms with van der Waals surface area (Å²) in [6.07, 6.45) is -4.14. The van der Waals surface area contributed by atoms with Gasteiger partial charge < -0.3 is 25.0 Å². The maximum Gasteiger partial charge on any atom is 0.214 e. The van der Waals surface area contributed by atoms with Crippen LogP contribution in [0.15, 0.2) is 18.2 Å². The topological polar surface area (TPSA) is 98.6 Å². The zero-order valence-electron chi connectivity index (χ0n) is 10.7. The lowest BCUT2D eigenvalue weighted by molar-refractivity contribution is -0.0229. The van der Waals surface area contributed by atoms with Crippen molar-refractivity contribution in [3.8, 4) is 0 Å². The molecule has 8 heteroatoms. The monoisotopic (exact) mass is 312 g/mol. The molecule has 0 radical (unpaired) electrons. The van der Waals surface area contributed by atoms with Gasteiger partial charge in [-0.1, -0.05) is 12.2 Å². The van der Waals surface area contributed by atoms with Crippen LogP contribution in [0, 0.1) is 10.6 Å². The molecule has 0 spiro atoms. The minimum absolute atomic E-state index is 0.232. The molecule has 2 aromatic rings. The van der Waals surface area contributed by atoms with E-state index < -0.39 is 37.0 Å². The highest BCUT2D eigenvalue weighted by molar-refractivity contribution is 7.71. The van der Waals surface area contributed by atoms with Crippen molar-refractivity contribution in [1.29, 1.82) is 0 Å². The molecule has 0 aliphatic carbocycles. The predicted molar refractivity (Wildman–Crippen MR) is 73.6 cm³/mol. The first-order valence-corrected chi connectivity index (χ1v) is 6.74. The molecular weight excluding hydrogens is 299 g/mol. The van der Waals surface area contributed by atoms with Gasteiger partial charge in [-0.25, -0.2) is 4.98 Å². The van der Waals surface area contributed by atoms with Crippen LogP contribution in [-0.2, 0) is 4.74 Å². The molecule has 21 heavy (non-hydrogen) atoms. The van der Waals surface area contributed by atoms with Crippen molar-refractivity contribution in [3.63, 3.8) is 0 Å². The van der Waals surface area contributed by atoms with Crippen molar-refractivity contribution >= 4 is 23.3 Å². The zero-order chi connectivity index (χ0) is 15.1. The first-order chi connectivity index (χ1) is 10.0. The summed E-state index contributed by atoms with van der Waals surface area (Å²) in [6.45, 7) is -0.411. The molecule has 0 bridgehead atoms. The number of hydrogen-bond acceptors (Lipinski definition) is 6. The van der Waals surface area contributed by atoms with Crippen LogP contribution in [0.1, 0.15) is 11.7 Å². The average molecular weight is 312 g/mol. The minimum Gasteiger partial charge on any atom is -0.394 e. The normalized spacial score (nSPS) is 29.1. The lowest BCUT2D eigenvalue weighted by atomic mass is 10.0. The number of ether oxygens (including phenoxy) is 1. The van der Waals surface area contributed by atoms with Crippen molar-refractivity contribution in [2.45, 2.75) is 24.4 Å². The van der Waals surface area contributed by atoms with Crippen molar-refractivity contribution in [1.82, 2.24) is 9.97 Å². The molecule has 0 amide bonds. The van der Waals surface area contributed by atoms with Crippen LogP contribution in [0.3, 0.4) is 0 Å². The number of pyridine rings is 2. The van der Waals surface area contributed by atoms with Crippen LogP contribution < -0.4 is 0 Å². The Morgan fingerprint density at radius 3 is 2.76 bits per heavy atom. The summed E-state index contributed by atoms with van der Waals surface area (Å²) in [5, 5.41) is 29.5. The first-order valence-electron chi connectivity index (χ1n) is 6.33. The highest BCUT2D eigenvalue weighted by Gasteiger charge is 2.43. The molecule has 3 heterocycles. The van der Waals surface area contributed by atoms with Crippen LogP contribution in [0.4, 0.5) is 4.39 Å². The Morgan fingerprint density at radius 2 is 2.10 bits per heavy atom. The van der Waals surface area contributed by atoms with Crippen molar-refractivity contribution in [3.05, 3.63) is 34.4 Å². The Balaban J connectivity index is 2.07. The summed E-state index contributed by atoms with van der Waals surface area (Å²) in [5.74, 6) is -0.631. The number of aromatic nitrogens is 2. The van der Waals surface area contributed by atoms with E-state index in [9.17, 15) is 14.6 Å². The van der Waals surface area contributed by atoms with E-state index in [1.807, 2.05) is 0 Å². The summed E-state index contributed by atoms with van der Waals surface area (Å²) in [6, 6.07) is 4.36. The van der Waals surface area contributed by atoms with Gasteiger partial charge in [0.1, 0.15) is 34.7 Å². The Bertz CT molecular complexity index is 738. The Kier molecular flexibility index (Phi) is 3.72. The third kappa shape index (κ3) is 2.45. The molecule has 6 nitrogen and oxygen atoms in total. The summed E-state index contributed by atoms with van der Waals surface area (Å²) in [4.78, 5) is 6.46. The van der Waals surface area contributed by atoms with Gasteiger partial charge in [-0.05, 0) is 18.2 Å². The molecule has 3 rings (SSSR count). The molecule has 2 aromatic heterocycles. The molecule has 2 unspecified atom stereocenters. The van der Waals surface area contributed by atoms with Crippen molar-refractivity contribution in [2.75, 3.05) is 6.61 Å². The van der Waals surface area contributed by atoms with Gasteiger partial charge >= 0.3 is 0 Å². The minimum atomic E-state index is -1.21. The molecule has 0 saturated carbocycles. The van der Waals surface area contributed by atoms with Crippen LogP contribution in [0.5, 0.6) is 0 Å². The number of aromatic amines is 1. The average Bonchev–Trinajstić information content (AvgIpc) is 2.74. The third-order valence-corrected chi connectivity index (χ3v) is 3.88. The number of nitrogens with zero attached hydrogens (tertiary/aromatic N) is 1. The maximum absolute atomic E-state index is 13.1. The fourth-order valence-corrected chi connectivity index (χ4v) is 2.72. The SMILES string of the molecule is OC[C@H]1O[C@@H](c2cc3ccc(F)nc3[nH]c2=S)C(O)C1O. The largest absolute Gasteiger partial charge is 0.394 e. The second-order valence-corrected chi connectivity index (χ2v) is 5.29. The Labute approximate surface area is 123 Å².